The monoisotopic (exact) mass is 249 g/mol. The van der Waals surface area contributed by atoms with E-state index in [0.717, 1.165) is 5.56 Å². The van der Waals surface area contributed by atoms with Crippen LogP contribution in [0.5, 0.6) is 0 Å². The predicted octanol–water partition coefficient (Wildman–Crippen LogP) is 1.74. The molecular weight excluding hydrogens is 238 g/mol. The molecule has 0 amide bonds. The Kier molecular flexibility index (Phi) is 3.39. The van der Waals surface area contributed by atoms with E-state index in [9.17, 15) is 0 Å². The fourth-order valence-electron chi connectivity index (χ4n) is 1.51. The molecule has 2 aromatic rings. The third-order valence-electron chi connectivity index (χ3n) is 2.34. The molecule has 0 atom stereocenters. The summed E-state index contributed by atoms with van der Waals surface area (Å²) in [6.07, 6.45) is 4.90. The van der Waals surface area contributed by atoms with E-state index < -0.39 is 0 Å². The Hall–Kier alpha value is -1.88. The van der Waals surface area contributed by atoms with Crippen molar-refractivity contribution in [3.05, 3.63) is 41.6 Å². The van der Waals surface area contributed by atoms with Crippen LogP contribution in [0.3, 0.4) is 0 Å². The first-order chi connectivity index (χ1) is 8.18. The van der Waals surface area contributed by atoms with Crippen LogP contribution < -0.4 is 10.6 Å². The molecule has 0 aliphatic rings. The van der Waals surface area contributed by atoms with Gasteiger partial charge in [0.1, 0.15) is 12.0 Å². The average molecular weight is 250 g/mol. The van der Waals surface area contributed by atoms with Crippen molar-refractivity contribution >= 4 is 23.1 Å². The summed E-state index contributed by atoms with van der Waals surface area (Å²) >= 11 is 5.85. The zero-order valence-electron chi connectivity index (χ0n) is 9.34. The molecular formula is C11H12ClN5. The highest BCUT2D eigenvalue weighted by atomic mass is 35.5. The van der Waals surface area contributed by atoms with Gasteiger partial charge in [-0.05, 0) is 17.7 Å². The first-order valence-electron chi connectivity index (χ1n) is 5.04. The van der Waals surface area contributed by atoms with Crippen molar-refractivity contribution in [2.75, 3.05) is 17.7 Å². The Morgan fingerprint density at radius 2 is 2.00 bits per heavy atom. The predicted molar refractivity (Wildman–Crippen MR) is 67.8 cm³/mol. The van der Waals surface area contributed by atoms with Crippen LogP contribution in [0.2, 0.25) is 5.15 Å². The van der Waals surface area contributed by atoms with Crippen molar-refractivity contribution in [3.63, 3.8) is 0 Å². The molecule has 6 heteroatoms. The third-order valence-corrected chi connectivity index (χ3v) is 2.65. The molecule has 2 aromatic heterocycles. The summed E-state index contributed by atoms with van der Waals surface area (Å²) in [7, 11) is 1.90. The molecule has 0 spiro atoms. The van der Waals surface area contributed by atoms with Crippen molar-refractivity contribution in [1.29, 1.82) is 0 Å². The quantitative estimate of drug-likeness (QED) is 0.840. The number of anilines is 2. The van der Waals surface area contributed by atoms with Gasteiger partial charge in [0.25, 0.3) is 0 Å². The lowest BCUT2D eigenvalue weighted by molar-refractivity contribution is 0.891. The van der Waals surface area contributed by atoms with E-state index in [1.165, 1.54) is 6.33 Å². The van der Waals surface area contributed by atoms with E-state index in [-0.39, 0.29) is 5.15 Å². The number of halogens is 1. The van der Waals surface area contributed by atoms with Crippen LogP contribution in [0, 0.1) is 0 Å². The number of aromatic nitrogens is 3. The lowest BCUT2D eigenvalue weighted by Crippen LogP contribution is -2.19. The maximum atomic E-state index is 5.85. The molecule has 0 radical (unpaired) electrons. The van der Waals surface area contributed by atoms with E-state index in [2.05, 4.69) is 15.0 Å². The van der Waals surface area contributed by atoms with Crippen molar-refractivity contribution in [2.24, 2.45) is 0 Å². The second kappa shape index (κ2) is 4.97. The van der Waals surface area contributed by atoms with Gasteiger partial charge in [0, 0.05) is 26.0 Å². The molecule has 0 fully saturated rings. The van der Waals surface area contributed by atoms with Crippen LogP contribution in [0.15, 0.2) is 30.9 Å². The normalized spacial score (nSPS) is 10.2. The lowest BCUT2D eigenvalue weighted by atomic mass is 10.2. The highest BCUT2D eigenvalue weighted by Gasteiger charge is 2.10. The zero-order valence-corrected chi connectivity index (χ0v) is 10.1. The summed E-state index contributed by atoms with van der Waals surface area (Å²) in [5.74, 6) is 0.627. The Labute approximate surface area is 104 Å². The first kappa shape index (κ1) is 11.6. The number of rotatable bonds is 3. The summed E-state index contributed by atoms with van der Waals surface area (Å²) in [5.41, 5.74) is 7.34. The minimum Gasteiger partial charge on any atom is -0.393 e. The number of hydrogen-bond donors (Lipinski definition) is 1. The summed E-state index contributed by atoms with van der Waals surface area (Å²) in [4.78, 5) is 13.8. The summed E-state index contributed by atoms with van der Waals surface area (Å²) in [6, 6.07) is 3.88. The molecule has 0 bridgehead atoms. The van der Waals surface area contributed by atoms with E-state index in [0.29, 0.717) is 18.1 Å². The van der Waals surface area contributed by atoms with Crippen LogP contribution in [-0.4, -0.2) is 22.0 Å². The molecule has 0 unspecified atom stereocenters. The number of nitrogens with zero attached hydrogens (tertiary/aromatic N) is 4. The molecule has 0 aliphatic heterocycles. The average Bonchev–Trinajstić information content (AvgIpc) is 2.34. The Balaban J connectivity index is 2.20. The molecule has 0 aromatic carbocycles. The largest absolute Gasteiger partial charge is 0.393 e. The van der Waals surface area contributed by atoms with Crippen molar-refractivity contribution in [3.8, 4) is 0 Å². The highest BCUT2D eigenvalue weighted by Crippen LogP contribution is 2.25. The van der Waals surface area contributed by atoms with Gasteiger partial charge in [0.05, 0.1) is 0 Å². The van der Waals surface area contributed by atoms with Crippen molar-refractivity contribution in [2.45, 2.75) is 6.54 Å². The minimum atomic E-state index is 0.275. The highest BCUT2D eigenvalue weighted by molar-refractivity contribution is 6.32. The molecule has 5 nitrogen and oxygen atoms in total. The van der Waals surface area contributed by atoms with E-state index >= 15 is 0 Å². The van der Waals surface area contributed by atoms with Crippen LogP contribution in [0.25, 0.3) is 0 Å². The molecule has 0 saturated heterocycles. The number of hydrogen-bond acceptors (Lipinski definition) is 5. The smallest absolute Gasteiger partial charge is 0.157 e. The minimum absolute atomic E-state index is 0.275. The van der Waals surface area contributed by atoms with Gasteiger partial charge < -0.3 is 10.6 Å². The van der Waals surface area contributed by atoms with Crippen LogP contribution in [-0.2, 0) is 6.54 Å². The van der Waals surface area contributed by atoms with Crippen LogP contribution in [0.1, 0.15) is 5.56 Å². The Bertz CT molecular complexity index is 502. The SMILES string of the molecule is CN(Cc1ccncc1)c1ncnc(Cl)c1N. The first-order valence-corrected chi connectivity index (χ1v) is 5.42. The van der Waals surface area contributed by atoms with Crippen molar-refractivity contribution in [1.82, 2.24) is 15.0 Å². The summed E-state index contributed by atoms with van der Waals surface area (Å²) < 4.78 is 0. The number of nitrogens with two attached hydrogens (primary N) is 1. The second-order valence-corrected chi connectivity index (χ2v) is 3.97. The molecule has 2 N–H and O–H groups in total. The molecule has 0 saturated carbocycles. The topological polar surface area (TPSA) is 67.9 Å². The summed E-state index contributed by atoms with van der Waals surface area (Å²) in [6.45, 7) is 0.681. The second-order valence-electron chi connectivity index (χ2n) is 3.61. The van der Waals surface area contributed by atoms with Gasteiger partial charge in [-0.3, -0.25) is 4.98 Å². The van der Waals surface area contributed by atoms with E-state index in [4.69, 9.17) is 17.3 Å². The van der Waals surface area contributed by atoms with E-state index in [1.54, 1.807) is 12.4 Å². The number of nitrogen functional groups attached to an aromatic ring is 1. The summed E-state index contributed by atoms with van der Waals surface area (Å²) in [5, 5.41) is 0.275. The molecule has 2 heterocycles. The standard InChI is InChI=1S/C11H12ClN5/c1-17(6-8-2-4-14-5-3-8)11-9(13)10(12)15-7-16-11/h2-5,7H,6,13H2,1H3. The van der Waals surface area contributed by atoms with Gasteiger partial charge in [-0.2, -0.15) is 0 Å². The molecule has 0 aliphatic carbocycles. The fourth-order valence-corrected chi connectivity index (χ4v) is 1.63. The zero-order chi connectivity index (χ0) is 12.3. The maximum Gasteiger partial charge on any atom is 0.157 e. The van der Waals surface area contributed by atoms with Gasteiger partial charge in [0.2, 0.25) is 0 Å². The maximum absolute atomic E-state index is 5.85. The fraction of sp³-hybridized carbons (Fsp3) is 0.182. The molecule has 17 heavy (non-hydrogen) atoms. The van der Waals surface area contributed by atoms with Gasteiger partial charge in [-0.1, -0.05) is 11.6 Å². The molecule has 88 valence electrons. The third kappa shape index (κ3) is 2.62. The van der Waals surface area contributed by atoms with Crippen LogP contribution in [0.4, 0.5) is 11.5 Å². The van der Waals surface area contributed by atoms with Gasteiger partial charge in [-0.25, -0.2) is 9.97 Å². The Morgan fingerprint density at radius 1 is 1.29 bits per heavy atom. The number of pyridine rings is 1. The van der Waals surface area contributed by atoms with Gasteiger partial charge in [0.15, 0.2) is 11.0 Å². The van der Waals surface area contributed by atoms with Crippen LogP contribution >= 0.6 is 11.6 Å². The lowest BCUT2D eigenvalue weighted by Gasteiger charge is -2.19. The van der Waals surface area contributed by atoms with Gasteiger partial charge >= 0.3 is 0 Å². The van der Waals surface area contributed by atoms with E-state index in [1.807, 2.05) is 24.1 Å². The Morgan fingerprint density at radius 3 is 2.71 bits per heavy atom. The molecule has 2 rings (SSSR count). The van der Waals surface area contributed by atoms with Gasteiger partial charge in [-0.15, -0.1) is 0 Å². The van der Waals surface area contributed by atoms with Crippen molar-refractivity contribution < 1.29 is 0 Å².